The number of nitrogens with one attached hydrogen (secondary N) is 1. The molecule has 5 N–H and O–H groups in total. The molecule has 0 aliphatic heterocycles. The van der Waals surface area contributed by atoms with E-state index in [0.717, 1.165) is 25.6 Å². The van der Waals surface area contributed by atoms with E-state index >= 15 is 0 Å². The van der Waals surface area contributed by atoms with E-state index in [-0.39, 0.29) is 0 Å². The molecule has 0 spiro atoms. The first-order valence-electron chi connectivity index (χ1n) is 6.21. The molecule has 0 aliphatic carbocycles. The van der Waals surface area contributed by atoms with Gasteiger partial charge in [-0.25, -0.2) is 0 Å². The summed E-state index contributed by atoms with van der Waals surface area (Å²) in [6.45, 7) is 12.2. The van der Waals surface area contributed by atoms with Gasteiger partial charge in [0.05, 0.1) is 0 Å². The van der Waals surface area contributed by atoms with E-state index in [1.165, 1.54) is 0 Å². The zero-order valence-electron chi connectivity index (χ0n) is 12.7. The Kier molecular flexibility index (Phi) is 25.1. The molecule has 0 bridgehead atoms. The van der Waals surface area contributed by atoms with Gasteiger partial charge in [-0.1, -0.05) is 0 Å². The summed E-state index contributed by atoms with van der Waals surface area (Å²) < 4.78 is 15.9. The second kappa shape index (κ2) is 20.0. The molecule has 0 rings (SSSR count). The molecule has 0 atom stereocenters. The fourth-order valence-corrected chi connectivity index (χ4v) is 2.94. The van der Waals surface area contributed by atoms with Gasteiger partial charge in [-0.15, -0.1) is 13.2 Å². The second-order valence-electron chi connectivity index (χ2n) is 3.23. The summed E-state index contributed by atoms with van der Waals surface area (Å²) in [5, 5.41) is 3.21. The molecule has 0 saturated heterocycles. The second-order valence-corrected chi connectivity index (χ2v) is 6.32. The SMILES string of the molecule is C=C.CO[Si](CCCNCCN)(OC)OC.[CH2]CN. The van der Waals surface area contributed by atoms with Crippen LogP contribution in [0.25, 0.3) is 0 Å². The van der Waals surface area contributed by atoms with Gasteiger partial charge in [0.2, 0.25) is 0 Å². The lowest BCUT2D eigenvalue weighted by Gasteiger charge is -2.24. The minimum Gasteiger partial charge on any atom is -0.377 e. The highest BCUT2D eigenvalue weighted by molar-refractivity contribution is 6.60. The van der Waals surface area contributed by atoms with Crippen LogP contribution in [0.4, 0.5) is 0 Å². The first-order valence-corrected chi connectivity index (χ1v) is 8.15. The number of hydrogen-bond donors (Lipinski definition) is 3. The Morgan fingerprint density at radius 3 is 1.74 bits per heavy atom. The molecule has 0 saturated carbocycles. The molecule has 117 valence electrons. The molecular weight excluding hydrogens is 262 g/mol. The van der Waals surface area contributed by atoms with Crippen molar-refractivity contribution >= 4 is 8.80 Å². The molecule has 0 aromatic heterocycles. The standard InChI is InChI=1S/C8H22N2O3Si.C2H6N.C2H4/c1-11-14(12-2,13-3)8-4-6-10-7-5-9;1-2-3;1-2/h10H,4-9H2,1-3H3;1-3H2;1-2H2. The van der Waals surface area contributed by atoms with Gasteiger partial charge < -0.3 is 30.1 Å². The summed E-state index contributed by atoms with van der Waals surface area (Å²) in [6.07, 6.45) is 0.974. The van der Waals surface area contributed by atoms with E-state index < -0.39 is 8.80 Å². The molecule has 0 amide bonds. The van der Waals surface area contributed by atoms with Crippen LogP contribution in [-0.2, 0) is 13.3 Å². The van der Waals surface area contributed by atoms with Crippen molar-refractivity contribution in [3.63, 3.8) is 0 Å². The van der Waals surface area contributed by atoms with Crippen molar-refractivity contribution in [2.75, 3.05) is 47.5 Å². The average Bonchev–Trinajstić information content (AvgIpc) is 2.47. The predicted octanol–water partition coefficient (Wildman–Crippen LogP) is 0.384. The van der Waals surface area contributed by atoms with Crippen LogP contribution < -0.4 is 16.8 Å². The first kappa shape index (κ1) is 23.8. The van der Waals surface area contributed by atoms with Gasteiger partial charge in [-0.05, 0) is 26.4 Å². The molecular formula is C12H32N3O3Si. The third-order valence-corrected chi connectivity index (χ3v) is 4.92. The van der Waals surface area contributed by atoms with Crippen LogP contribution in [0.2, 0.25) is 6.04 Å². The maximum absolute atomic E-state index is 5.35. The van der Waals surface area contributed by atoms with Gasteiger partial charge in [-0.2, -0.15) is 0 Å². The van der Waals surface area contributed by atoms with Gasteiger partial charge >= 0.3 is 8.80 Å². The summed E-state index contributed by atoms with van der Waals surface area (Å²) in [5.41, 5.74) is 10.1. The van der Waals surface area contributed by atoms with Gasteiger partial charge in [0.15, 0.2) is 0 Å². The van der Waals surface area contributed by atoms with E-state index in [1.807, 2.05) is 0 Å². The van der Waals surface area contributed by atoms with Gasteiger partial charge in [-0.3, -0.25) is 0 Å². The lowest BCUT2D eigenvalue weighted by atomic mass is 10.5. The topological polar surface area (TPSA) is 91.8 Å². The molecule has 0 heterocycles. The Balaban J connectivity index is -0.000000445. The maximum atomic E-state index is 5.35. The summed E-state index contributed by atoms with van der Waals surface area (Å²) in [7, 11) is 2.55. The molecule has 6 nitrogen and oxygen atoms in total. The zero-order valence-corrected chi connectivity index (χ0v) is 13.7. The molecule has 0 unspecified atom stereocenters. The van der Waals surface area contributed by atoms with Crippen LogP contribution in [0, 0.1) is 6.92 Å². The van der Waals surface area contributed by atoms with Crippen molar-refractivity contribution in [2.24, 2.45) is 11.5 Å². The highest BCUT2D eigenvalue weighted by atomic mass is 28.4. The van der Waals surface area contributed by atoms with E-state index in [4.69, 9.17) is 24.7 Å². The van der Waals surface area contributed by atoms with Crippen molar-refractivity contribution in [3.05, 3.63) is 20.1 Å². The van der Waals surface area contributed by atoms with Gasteiger partial charge in [0.25, 0.3) is 0 Å². The molecule has 0 aromatic rings. The highest BCUT2D eigenvalue weighted by Gasteiger charge is 2.36. The Morgan fingerprint density at radius 1 is 1.00 bits per heavy atom. The van der Waals surface area contributed by atoms with Crippen LogP contribution in [0.1, 0.15) is 6.42 Å². The maximum Gasteiger partial charge on any atom is 0.500 e. The van der Waals surface area contributed by atoms with Crippen molar-refractivity contribution in [1.82, 2.24) is 5.32 Å². The molecule has 7 heteroatoms. The smallest absolute Gasteiger partial charge is 0.377 e. The molecule has 19 heavy (non-hydrogen) atoms. The quantitative estimate of drug-likeness (QED) is 0.323. The Hall–Kier alpha value is -0.283. The highest BCUT2D eigenvalue weighted by Crippen LogP contribution is 2.13. The van der Waals surface area contributed by atoms with E-state index in [1.54, 1.807) is 21.3 Å². The van der Waals surface area contributed by atoms with Crippen LogP contribution >= 0.6 is 0 Å². The minimum atomic E-state index is -2.35. The third-order valence-electron chi connectivity index (χ3n) is 2.09. The minimum absolute atomic E-state index is 0.500. The summed E-state index contributed by atoms with van der Waals surface area (Å²) in [4.78, 5) is 0. The molecule has 0 fully saturated rings. The summed E-state index contributed by atoms with van der Waals surface area (Å²) in [5.74, 6) is 0. The predicted molar refractivity (Wildman–Crippen MR) is 83.8 cm³/mol. The lowest BCUT2D eigenvalue weighted by Crippen LogP contribution is -2.43. The van der Waals surface area contributed by atoms with Crippen LogP contribution in [0.3, 0.4) is 0 Å². The van der Waals surface area contributed by atoms with Gasteiger partial charge in [0, 0.05) is 40.5 Å². The number of hydrogen-bond acceptors (Lipinski definition) is 6. The largest absolute Gasteiger partial charge is 0.500 e. The number of nitrogens with two attached hydrogens (primary N) is 2. The van der Waals surface area contributed by atoms with Crippen LogP contribution in [0.5, 0.6) is 0 Å². The van der Waals surface area contributed by atoms with E-state index in [0.29, 0.717) is 13.1 Å². The lowest BCUT2D eigenvalue weighted by molar-refractivity contribution is 0.123. The monoisotopic (exact) mass is 294 g/mol. The zero-order chi connectivity index (χ0) is 15.6. The molecule has 0 aliphatic rings. The molecule has 1 radical (unpaired) electrons. The Morgan fingerprint density at radius 2 is 1.42 bits per heavy atom. The van der Waals surface area contributed by atoms with E-state index in [9.17, 15) is 0 Å². The fourth-order valence-electron chi connectivity index (χ4n) is 1.21. The van der Waals surface area contributed by atoms with Crippen molar-refractivity contribution in [1.29, 1.82) is 0 Å². The fraction of sp³-hybridized carbons (Fsp3) is 0.750. The summed E-state index contributed by atoms with van der Waals surface area (Å²) >= 11 is 0. The average molecular weight is 294 g/mol. The van der Waals surface area contributed by atoms with Crippen LogP contribution in [0.15, 0.2) is 13.2 Å². The van der Waals surface area contributed by atoms with Crippen LogP contribution in [-0.4, -0.2) is 56.3 Å². The Bertz CT molecular complexity index is 153. The van der Waals surface area contributed by atoms with Gasteiger partial charge in [0.1, 0.15) is 0 Å². The number of rotatable bonds is 9. The van der Waals surface area contributed by atoms with Crippen molar-refractivity contribution in [2.45, 2.75) is 12.5 Å². The Labute approximate surface area is 119 Å². The van der Waals surface area contributed by atoms with Crippen molar-refractivity contribution in [3.8, 4) is 0 Å². The normalized spacial score (nSPS) is 10.0. The van der Waals surface area contributed by atoms with E-state index in [2.05, 4.69) is 25.4 Å². The molecule has 0 aromatic carbocycles. The summed E-state index contributed by atoms with van der Waals surface area (Å²) in [6, 6.07) is 0.827. The first-order chi connectivity index (χ1) is 9.16. The third kappa shape index (κ3) is 15.7. The van der Waals surface area contributed by atoms with Crippen molar-refractivity contribution < 1.29 is 13.3 Å².